The fraction of sp³-hybridized carbons (Fsp3) is 0.588. The van der Waals surface area contributed by atoms with Crippen LogP contribution in [0.3, 0.4) is 0 Å². The Morgan fingerprint density at radius 1 is 1.22 bits per heavy atom. The van der Waals surface area contributed by atoms with Crippen LogP contribution >= 0.6 is 0 Å². The number of aliphatic hydroxyl groups is 1. The Morgan fingerprint density at radius 2 is 1.78 bits per heavy atom. The van der Waals surface area contributed by atoms with E-state index in [0.29, 0.717) is 13.1 Å². The zero-order valence-electron chi connectivity index (χ0n) is 13.9. The second-order valence-electron chi connectivity index (χ2n) is 6.07. The smallest absolute Gasteiger partial charge is 0.236 e. The maximum absolute atomic E-state index is 13.0. The molecule has 128 valence electrons. The standard InChI is InChI=1S/C17H26FN3O2/c1-14(15-3-5-16(18)6-4-15)19(2)17(23)13-21-9-7-20(8-10-21)11-12-22/h3-6,14,22H,7-13H2,1-2H3/t14-/m0/s1. The summed E-state index contributed by atoms with van der Waals surface area (Å²) in [4.78, 5) is 18.5. The van der Waals surface area contributed by atoms with Gasteiger partial charge in [0.15, 0.2) is 0 Å². The Morgan fingerprint density at radius 3 is 2.35 bits per heavy atom. The van der Waals surface area contributed by atoms with E-state index in [1.54, 1.807) is 24.1 Å². The minimum atomic E-state index is -0.268. The van der Waals surface area contributed by atoms with Gasteiger partial charge in [0.2, 0.25) is 5.91 Å². The van der Waals surface area contributed by atoms with E-state index in [2.05, 4.69) is 9.80 Å². The molecule has 0 unspecified atom stereocenters. The number of hydrogen-bond acceptors (Lipinski definition) is 4. The van der Waals surface area contributed by atoms with E-state index in [1.165, 1.54) is 12.1 Å². The van der Waals surface area contributed by atoms with Gasteiger partial charge in [0.25, 0.3) is 0 Å². The minimum absolute atomic E-state index is 0.0671. The van der Waals surface area contributed by atoms with Gasteiger partial charge >= 0.3 is 0 Å². The summed E-state index contributed by atoms with van der Waals surface area (Å²) in [5.41, 5.74) is 0.926. The quantitative estimate of drug-likeness (QED) is 0.847. The summed E-state index contributed by atoms with van der Waals surface area (Å²) in [7, 11) is 1.79. The van der Waals surface area contributed by atoms with Crippen molar-refractivity contribution in [1.29, 1.82) is 0 Å². The van der Waals surface area contributed by atoms with Gasteiger partial charge in [-0.3, -0.25) is 14.6 Å². The fourth-order valence-electron chi connectivity index (χ4n) is 2.80. The molecule has 0 aliphatic carbocycles. The third-order valence-corrected chi connectivity index (χ3v) is 4.57. The van der Waals surface area contributed by atoms with Gasteiger partial charge in [-0.2, -0.15) is 0 Å². The molecule has 1 saturated heterocycles. The molecular weight excluding hydrogens is 297 g/mol. The monoisotopic (exact) mass is 323 g/mol. The van der Waals surface area contributed by atoms with Gasteiger partial charge in [-0.25, -0.2) is 4.39 Å². The van der Waals surface area contributed by atoms with Crippen molar-refractivity contribution in [3.8, 4) is 0 Å². The van der Waals surface area contributed by atoms with E-state index in [0.717, 1.165) is 31.7 Å². The number of piperazine rings is 1. The lowest BCUT2D eigenvalue weighted by atomic mass is 10.1. The molecule has 0 saturated carbocycles. The lowest BCUT2D eigenvalue weighted by Gasteiger charge is -2.35. The molecule has 0 spiro atoms. The van der Waals surface area contributed by atoms with Gasteiger partial charge in [0, 0.05) is 39.8 Å². The first-order valence-electron chi connectivity index (χ1n) is 8.08. The lowest BCUT2D eigenvalue weighted by Crippen LogP contribution is -2.50. The van der Waals surface area contributed by atoms with Crippen molar-refractivity contribution in [1.82, 2.24) is 14.7 Å². The van der Waals surface area contributed by atoms with E-state index in [1.807, 2.05) is 6.92 Å². The summed E-state index contributed by atoms with van der Waals surface area (Å²) in [6.45, 7) is 6.66. The summed E-state index contributed by atoms with van der Waals surface area (Å²) in [6.07, 6.45) is 0. The molecule has 1 aliphatic heterocycles. The number of nitrogens with zero attached hydrogens (tertiary/aromatic N) is 3. The SMILES string of the molecule is C[C@@H](c1ccc(F)cc1)N(C)C(=O)CN1CCN(CCO)CC1. The molecule has 1 N–H and O–H groups in total. The molecule has 0 aromatic heterocycles. The van der Waals surface area contributed by atoms with Crippen LogP contribution in [0.2, 0.25) is 0 Å². The van der Waals surface area contributed by atoms with Crippen molar-refractivity contribution in [2.45, 2.75) is 13.0 Å². The topological polar surface area (TPSA) is 47.0 Å². The van der Waals surface area contributed by atoms with Gasteiger partial charge in [-0.15, -0.1) is 0 Å². The van der Waals surface area contributed by atoms with Crippen LogP contribution in [0.25, 0.3) is 0 Å². The number of rotatable bonds is 6. The predicted molar refractivity (Wildman–Crippen MR) is 87.6 cm³/mol. The van der Waals surface area contributed by atoms with Crippen molar-refractivity contribution in [3.05, 3.63) is 35.6 Å². The third kappa shape index (κ3) is 4.99. The molecule has 1 heterocycles. The van der Waals surface area contributed by atoms with Crippen LogP contribution in [0.15, 0.2) is 24.3 Å². The van der Waals surface area contributed by atoms with E-state index in [9.17, 15) is 9.18 Å². The highest BCUT2D eigenvalue weighted by atomic mass is 19.1. The van der Waals surface area contributed by atoms with Crippen molar-refractivity contribution in [2.75, 3.05) is 52.9 Å². The van der Waals surface area contributed by atoms with E-state index in [-0.39, 0.29) is 24.4 Å². The van der Waals surface area contributed by atoms with Crippen LogP contribution in [0.4, 0.5) is 4.39 Å². The van der Waals surface area contributed by atoms with Crippen LogP contribution in [0, 0.1) is 5.82 Å². The fourth-order valence-corrected chi connectivity index (χ4v) is 2.80. The average molecular weight is 323 g/mol. The molecule has 1 aliphatic rings. The van der Waals surface area contributed by atoms with Crippen LogP contribution in [-0.4, -0.2) is 78.6 Å². The number of benzene rings is 1. The highest BCUT2D eigenvalue weighted by Crippen LogP contribution is 2.19. The largest absolute Gasteiger partial charge is 0.395 e. The number of hydrogen-bond donors (Lipinski definition) is 1. The maximum Gasteiger partial charge on any atom is 0.236 e. The molecule has 5 nitrogen and oxygen atoms in total. The first kappa shape index (κ1) is 17.8. The summed E-state index contributed by atoms with van der Waals surface area (Å²) in [6, 6.07) is 6.20. The van der Waals surface area contributed by atoms with Crippen molar-refractivity contribution in [3.63, 3.8) is 0 Å². The summed E-state index contributed by atoms with van der Waals surface area (Å²) in [5.74, 6) is -0.201. The van der Waals surface area contributed by atoms with Crippen LogP contribution < -0.4 is 0 Å². The van der Waals surface area contributed by atoms with Crippen LogP contribution in [0.5, 0.6) is 0 Å². The zero-order valence-corrected chi connectivity index (χ0v) is 13.9. The van der Waals surface area contributed by atoms with Crippen LogP contribution in [-0.2, 0) is 4.79 Å². The molecule has 23 heavy (non-hydrogen) atoms. The molecule has 0 radical (unpaired) electrons. The average Bonchev–Trinajstić information content (AvgIpc) is 2.56. The van der Waals surface area contributed by atoms with Gasteiger partial charge < -0.3 is 10.0 Å². The van der Waals surface area contributed by atoms with Crippen molar-refractivity contribution >= 4 is 5.91 Å². The Hall–Kier alpha value is -1.50. The molecule has 1 amide bonds. The Balaban J connectivity index is 1.84. The Bertz CT molecular complexity index is 501. The summed E-state index contributed by atoms with van der Waals surface area (Å²) < 4.78 is 13.0. The number of carbonyl (C=O) groups excluding carboxylic acids is 1. The third-order valence-electron chi connectivity index (χ3n) is 4.57. The zero-order chi connectivity index (χ0) is 16.8. The van der Waals surface area contributed by atoms with Gasteiger partial charge in [0.05, 0.1) is 19.2 Å². The lowest BCUT2D eigenvalue weighted by molar-refractivity contribution is -0.133. The normalized spacial score (nSPS) is 17.9. The van der Waals surface area contributed by atoms with Crippen molar-refractivity contribution < 1.29 is 14.3 Å². The number of likely N-dealkylation sites (N-methyl/N-ethyl adjacent to an activating group) is 1. The van der Waals surface area contributed by atoms with Gasteiger partial charge in [-0.1, -0.05) is 12.1 Å². The highest BCUT2D eigenvalue weighted by Gasteiger charge is 2.22. The van der Waals surface area contributed by atoms with E-state index < -0.39 is 0 Å². The Kier molecular flexibility index (Phi) is 6.50. The second kappa shape index (κ2) is 8.38. The van der Waals surface area contributed by atoms with E-state index in [4.69, 9.17) is 5.11 Å². The second-order valence-corrected chi connectivity index (χ2v) is 6.07. The van der Waals surface area contributed by atoms with Crippen LogP contribution in [0.1, 0.15) is 18.5 Å². The number of aliphatic hydroxyl groups excluding tert-OH is 1. The Labute approximate surface area is 137 Å². The molecule has 1 fully saturated rings. The summed E-state index contributed by atoms with van der Waals surface area (Å²) in [5, 5.41) is 8.95. The number of carbonyl (C=O) groups is 1. The molecule has 1 aromatic rings. The summed E-state index contributed by atoms with van der Waals surface area (Å²) >= 11 is 0. The number of amides is 1. The molecular formula is C17H26FN3O2. The minimum Gasteiger partial charge on any atom is -0.395 e. The van der Waals surface area contributed by atoms with Crippen molar-refractivity contribution in [2.24, 2.45) is 0 Å². The molecule has 1 atom stereocenters. The molecule has 6 heteroatoms. The number of halogens is 1. The number of β-amino-alcohol motifs (C(OH)–C–C–N with tert-alkyl or cyclic N) is 1. The highest BCUT2D eigenvalue weighted by molar-refractivity contribution is 5.78. The van der Waals surface area contributed by atoms with Gasteiger partial charge in [0.1, 0.15) is 5.82 Å². The molecule has 0 bridgehead atoms. The predicted octanol–water partition coefficient (Wildman–Crippen LogP) is 0.955. The van der Waals surface area contributed by atoms with Gasteiger partial charge in [-0.05, 0) is 24.6 Å². The maximum atomic E-state index is 13.0. The molecule has 2 rings (SSSR count). The first-order chi connectivity index (χ1) is 11.0. The molecule has 1 aromatic carbocycles. The first-order valence-corrected chi connectivity index (χ1v) is 8.08. The van der Waals surface area contributed by atoms with E-state index >= 15 is 0 Å².